The summed E-state index contributed by atoms with van der Waals surface area (Å²) in [6.07, 6.45) is 0.719. The van der Waals surface area contributed by atoms with Crippen LogP contribution in [0, 0.1) is 0 Å². The molecule has 1 aliphatic rings. The summed E-state index contributed by atoms with van der Waals surface area (Å²) in [5.74, 6) is 0.0265. The number of carbonyl (C=O) groups excluding carboxylic acids is 2. The number of ether oxygens (including phenoxy) is 3. The van der Waals surface area contributed by atoms with Crippen molar-refractivity contribution in [3.8, 4) is 11.5 Å². The molecule has 1 aliphatic heterocycles. The molecule has 0 spiro atoms. The predicted octanol–water partition coefficient (Wildman–Crippen LogP) is 4.55. The Morgan fingerprint density at radius 3 is 2.54 bits per heavy atom. The molecular weight excluding hydrogens is 379 g/mol. The Balaban J connectivity index is 1.87. The van der Waals surface area contributed by atoms with E-state index in [2.05, 4.69) is 4.74 Å². The molecule has 3 rings (SSSR count). The zero-order valence-corrected chi connectivity index (χ0v) is 15.4. The van der Waals surface area contributed by atoms with Crippen molar-refractivity contribution < 1.29 is 23.8 Å². The first-order valence-electron chi connectivity index (χ1n) is 7.67. The second-order valence-corrected chi connectivity index (χ2v) is 6.33. The molecule has 1 heterocycles. The van der Waals surface area contributed by atoms with Gasteiger partial charge in [0, 0.05) is 21.7 Å². The lowest BCUT2D eigenvalue weighted by Crippen LogP contribution is -2.24. The van der Waals surface area contributed by atoms with Crippen molar-refractivity contribution in [2.24, 2.45) is 0 Å². The van der Waals surface area contributed by atoms with Gasteiger partial charge >= 0.3 is 5.97 Å². The standard InChI is InChI=1S/C19H14Cl2O5/c1-10(19(23)24-2)25-11-6-7-12-16(8-11)26-17(18(12)22)9-13-14(20)4-3-5-15(13)21/h3-10H,1-2H3/b17-9+/t10-/m0/s1. The van der Waals surface area contributed by atoms with E-state index in [1.54, 1.807) is 43.3 Å². The summed E-state index contributed by atoms with van der Waals surface area (Å²) in [5, 5.41) is 0.821. The highest BCUT2D eigenvalue weighted by Crippen LogP contribution is 2.36. The van der Waals surface area contributed by atoms with Crippen LogP contribution >= 0.6 is 23.2 Å². The number of allylic oxidation sites excluding steroid dienone is 1. The Bertz CT molecular complexity index is 900. The Morgan fingerprint density at radius 1 is 1.19 bits per heavy atom. The molecule has 0 aliphatic carbocycles. The summed E-state index contributed by atoms with van der Waals surface area (Å²) in [6, 6.07) is 9.77. The van der Waals surface area contributed by atoms with Crippen LogP contribution < -0.4 is 9.47 Å². The van der Waals surface area contributed by atoms with Crippen LogP contribution in [0.3, 0.4) is 0 Å². The molecule has 26 heavy (non-hydrogen) atoms. The maximum absolute atomic E-state index is 12.5. The van der Waals surface area contributed by atoms with E-state index in [9.17, 15) is 9.59 Å². The third-order valence-corrected chi connectivity index (χ3v) is 4.42. The van der Waals surface area contributed by atoms with Crippen molar-refractivity contribution in [3.05, 3.63) is 63.3 Å². The van der Waals surface area contributed by atoms with E-state index >= 15 is 0 Å². The van der Waals surface area contributed by atoms with Gasteiger partial charge < -0.3 is 14.2 Å². The number of hydrogen-bond acceptors (Lipinski definition) is 5. The number of methoxy groups -OCH3 is 1. The SMILES string of the molecule is COC(=O)[C@H](C)Oc1ccc2c(c1)O/C(=C/c1c(Cl)cccc1Cl)C2=O. The van der Waals surface area contributed by atoms with Crippen LogP contribution in [0.1, 0.15) is 22.8 Å². The van der Waals surface area contributed by atoms with E-state index in [4.69, 9.17) is 32.7 Å². The summed E-state index contributed by atoms with van der Waals surface area (Å²) in [6.45, 7) is 1.57. The van der Waals surface area contributed by atoms with Gasteiger partial charge in [0.05, 0.1) is 12.7 Å². The lowest BCUT2D eigenvalue weighted by Gasteiger charge is -2.12. The number of carbonyl (C=O) groups is 2. The molecule has 0 unspecified atom stereocenters. The minimum atomic E-state index is -0.785. The number of ketones is 1. The summed E-state index contributed by atoms with van der Waals surface area (Å²) >= 11 is 12.3. The predicted molar refractivity (Wildman–Crippen MR) is 97.9 cm³/mol. The summed E-state index contributed by atoms with van der Waals surface area (Å²) in [7, 11) is 1.28. The molecule has 0 saturated heterocycles. The van der Waals surface area contributed by atoms with Crippen LogP contribution in [0.5, 0.6) is 11.5 Å². The monoisotopic (exact) mass is 392 g/mol. The first-order valence-corrected chi connectivity index (χ1v) is 8.43. The lowest BCUT2D eigenvalue weighted by atomic mass is 10.1. The van der Waals surface area contributed by atoms with Crippen molar-refractivity contribution in [3.63, 3.8) is 0 Å². The molecule has 0 saturated carbocycles. The zero-order chi connectivity index (χ0) is 18.8. The molecule has 5 nitrogen and oxygen atoms in total. The molecule has 7 heteroatoms. The average molecular weight is 393 g/mol. The molecule has 2 aromatic carbocycles. The topological polar surface area (TPSA) is 61.8 Å². The maximum Gasteiger partial charge on any atom is 0.346 e. The fraction of sp³-hybridized carbons (Fsp3) is 0.158. The van der Waals surface area contributed by atoms with E-state index in [0.717, 1.165) is 0 Å². The number of rotatable bonds is 4. The second-order valence-electron chi connectivity index (χ2n) is 5.52. The third kappa shape index (κ3) is 3.54. The fourth-order valence-electron chi connectivity index (χ4n) is 2.44. The molecule has 1 atom stereocenters. The van der Waals surface area contributed by atoms with Crippen molar-refractivity contribution in [1.82, 2.24) is 0 Å². The first kappa shape index (κ1) is 18.3. The van der Waals surface area contributed by atoms with Crippen molar-refractivity contribution in [2.75, 3.05) is 7.11 Å². The van der Waals surface area contributed by atoms with Gasteiger partial charge in [0.2, 0.25) is 5.78 Å². The quantitative estimate of drug-likeness (QED) is 0.564. The summed E-state index contributed by atoms with van der Waals surface area (Å²) < 4.78 is 15.7. The largest absolute Gasteiger partial charge is 0.479 e. The minimum Gasteiger partial charge on any atom is -0.479 e. The Hall–Kier alpha value is -2.50. The average Bonchev–Trinajstić information content (AvgIpc) is 2.92. The summed E-state index contributed by atoms with van der Waals surface area (Å²) in [5.41, 5.74) is 0.889. The van der Waals surface area contributed by atoms with Gasteiger partial charge in [-0.05, 0) is 37.3 Å². The smallest absolute Gasteiger partial charge is 0.346 e. The Morgan fingerprint density at radius 2 is 1.88 bits per heavy atom. The molecule has 0 fully saturated rings. The molecule has 2 aromatic rings. The maximum atomic E-state index is 12.5. The number of hydrogen-bond donors (Lipinski definition) is 0. The van der Waals surface area contributed by atoms with Crippen LogP contribution in [0.4, 0.5) is 0 Å². The van der Waals surface area contributed by atoms with Gasteiger partial charge in [-0.1, -0.05) is 29.3 Å². The first-order chi connectivity index (χ1) is 12.4. The third-order valence-electron chi connectivity index (χ3n) is 3.76. The van der Waals surface area contributed by atoms with Gasteiger partial charge in [0.15, 0.2) is 11.9 Å². The highest BCUT2D eigenvalue weighted by molar-refractivity contribution is 6.37. The van der Waals surface area contributed by atoms with E-state index in [0.29, 0.717) is 32.7 Å². The molecule has 0 amide bonds. The number of fused-ring (bicyclic) bond motifs is 1. The van der Waals surface area contributed by atoms with Gasteiger partial charge in [-0.25, -0.2) is 4.79 Å². The highest BCUT2D eigenvalue weighted by atomic mass is 35.5. The van der Waals surface area contributed by atoms with Gasteiger partial charge in [-0.3, -0.25) is 4.79 Å². The second kappa shape index (κ2) is 7.40. The van der Waals surface area contributed by atoms with Crippen molar-refractivity contribution in [2.45, 2.75) is 13.0 Å². The number of benzene rings is 2. The molecule has 0 bridgehead atoms. The van der Waals surface area contributed by atoms with Crippen LogP contribution in [0.2, 0.25) is 10.0 Å². The normalized spacial score (nSPS) is 15.4. The minimum absolute atomic E-state index is 0.105. The van der Waals surface area contributed by atoms with Crippen LogP contribution in [-0.2, 0) is 9.53 Å². The molecule has 0 aromatic heterocycles. The number of halogens is 2. The molecule has 0 radical (unpaired) electrons. The summed E-state index contributed by atoms with van der Waals surface area (Å²) in [4.78, 5) is 24.0. The number of esters is 1. The van der Waals surface area contributed by atoms with E-state index in [-0.39, 0.29) is 11.5 Å². The fourth-order valence-corrected chi connectivity index (χ4v) is 2.94. The number of Topliss-reactive ketones (excluding diaryl/α,β-unsaturated/α-hetero) is 1. The van der Waals surface area contributed by atoms with Gasteiger partial charge in [0.25, 0.3) is 0 Å². The Labute approximate surface area is 160 Å². The van der Waals surface area contributed by atoms with E-state index in [1.165, 1.54) is 13.2 Å². The highest BCUT2D eigenvalue weighted by Gasteiger charge is 2.28. The van der Waals surface area contributed by atoms with Crippen molar-refractivity contribution in [1.29, 1.82) is 0 Å². The van der Waals surface area contributed by atoms with Crippen LogP contribution in [0.15, 0.2) is 42.2 Å². The van der Waals surface area contributed by atoms with E-state index < -0.39 is 12.1 Å². The Kier molecular flexibility index (Phi) is 5.20. The van der Waals surface area contributed by atoms with Crippen molar-refractivity contribution >= 4 is 41.0 Å². The van der Waals surface area contributed by atoms with Gasteiger partial charge in [0.1, 0.15) is 11.5 Å². The molecular formula is C19H14Cl2O5. The molecule has 134 valence electrons. The van der Waals surface area contributed by atoms with Gasteiger partial charge in [-0.15, -0.1) is 0 Å². The van der Waals surface area contributed by atoms with E-state index in [1.807, 2.05) is 0 Å². The van der Waals surface area contributed by atoms with Crippen LogP contribution in [0.25, 0.3) is 6.08 Å². The van der Waals surface area contributed by atoms with Crippen LogP contribution in [-0.4, -0.2) is 25.0 Å². The lowest BCUT2D eigenvalue weighted by molar-refractivity contribution is -0.147. The zero-order valence-electron chi connectivity index (χ0n) is 13.9. The molecule has 0 N–H and O–H groups in total. The van der Waals surface area contributed by atoms with Gasteiger partial charge in [-0.2, -0.15) is 0 Å².